The fourth-order valence-electron chi connectivity index (χ4n) is 4.52. The Labute approximate surface area is 113 Å². The largest absolute Gasteiger partial charge is 0.308 e. The smallest absolute Gasteiger partial charge is 0.0309 e. The summed E-state index contributed by atoms with van der Waals surface area (Å²) in [4.78, 5) is 2.81. The average Bonchev–Trinajstić information content (AvgIpc) is 2.96. The molecule has 1 aliphatic heterocycles. The Morgan fingerprint density at radius 1 is 1.11 bits per heavy atom. The van der Waals surface area contributed by atoms with Crippen molar-refractivity contribution >= 4 is 0 Å². The summed E-state index contributed by atoms with van der Waals surface area (Å²) < 4.78 is 0. The SMILES string of the molecule is CC1CCCC1CN1CC2(CCCC2)NCC1C. The fourth-order valence-corrected chi connectivity index (χ4v) is 4.52. The molecule has 2 nitrogen and oxygen atoms in total. The molecule has 0 aromatic rings. The predicted octanol–water partition coefficient (Wildman–Crippen LogP) is 3.03. The van der Waals surface area contributed by atoms with Gasteiger partial charge in [-0.1, -0.05) is 32.6 Å². The highest BCUT2D eigenvalue weighted by Crippen LogP contribution is 2.36. The van der Waals surface area contributed by atoms with Crippen LogP contribution in [0.4, 0.5) is 0 Å². The Morgan fingerprint density at radius 2 is 1.89 bits per heavy atom. The molecule has 0 amide bonds. The number of nitrogens with zero attached hydrogens (tertiary/aromatic N) is 1. The van der Waals surface area contributed by atoms with Crippen molar-refractivity contribution < 1.29 is 0 Å². The van der Waals surface area contributed by atoms with Gasteiger partial charge in [0, 0.05) is 31.2 Å². The molecule has 2 heteroatoms. The van der Waals surface area contributed by atoms with Crippen LogP contribution in [0.3, 0.4) is 0 Å². The normalized spacial score (nSPS) is 40.7. The van der Waals surface area contributed by atoms with Gasteiger partial charge in [0.05, 0.1) is 0 Å². The summed E-state index contributed by atoms with van der Waals surface area (Å²) in [5.41, 5.74) is 0.494. The molecule has 3 unspecified atom stereocenters. The fraction of sp³-hybridized carbons (Fsp3) is 1.00. The minimum absolute atomic E-state index is 0.494. The summed E-state index contributed by atoms with van der Waals surface area (Å²) in [6.45, 7) is 8.77. The lowest BCUT2D eigenvalue weighted by atomic mass is 9.90. The number of hydrogen-bond acceptors (Lipinski definition) is 2. The third-order valence-electron chi connectivity index (χ3n) is 5.97. The third-order valence-corrected chi connectivity index (χ3v) is 5.97. The monoisotopic (exact) mass is 250 g/mol. The lowest BCUT2D eigenvalue weighted by molar-refractivity contribution is 0.0691. The van der Waals surface area contributed by atoms with Gasteiger partial charge < -0.3 is 5.32 Å². The van der Waals surface area contributed by atoms with Gasteiger partial charge in [0.15, 0.2) is 0 Å². The average molecular weight is 250 g/mol. The first-order chi connectivity index (χ1) is 8.69. The van der Waals surface area contributed by atoms with Crippen LogP contribution in [0.1, 0.15) is 58.8 Å². The molecular weight excluding hydrogens is 220 g/mol. The van der Waals surface area contributed by atoms with E-state index in [2.05, 4.69) is 24.1 Å². The maximum atomic E-state index is 3.87. The van der Waals surface area contributed by atoms with Crippen LogP contribution in [0.2, 0.25) is 0 Å². The number of nitrogens with one attached hydrogen (secondary N) is 1. The quantitative estimate of drug-likeness (QED) is 0.810. The minimum Gasteiger partial charge on any atom is -0.308 e. The maximum Gasteiger partial charge on any atom is 0.0309 e. The van der Waals surface area contributed by atoms with E-state index in [4.69, 9.17) is 0 Å². The summed E-state index contributed by atoms with van der Waals surface area (Å²) >= 11 is 0. The Morgan fingerprint density at radius 3 is 2.56 bits per heavy atom. The van der Waals surface area contributed by atoms with Crippen LogP contribution in [0, 0.1) is 11.8 Å². The van der Waals surface area contributed by atoms with Gasteiger partial charge in [-0.2, -0.15) is 0 Å². The van der Waals surface area contributed by atoms with E-state index in [-0.39, 0.29) is 0 Å². The van der Waals surface area contributed by atoms with Crippen molar-refractivity contribution in [2.75, 3.05) is 19.6 Å². The van der Waals surface area contributed by atoms with Crippen LogP contribution in [0.15, 0.2) is 0 Å². The molecule has 3 rings (SSSR count). The first-order valence-electron chi connectivity index (χ1n) is 8.18. The maximum absolute atomic E-state index is 3.87. The number of hydrogen-bond donors (Lipinski definition) is 1. The Kier molecular flexibility index (Phi) is 3.68. The second kappa shape index (κ2) is 5.13. The van der Waals surface area contributed by atoms with Crippen LogP contribution in [0.5, 0.6) is 0 Å². The van der Waals surface area contributed by atoms with Crippen molar-refractivity contribution in [1.29, 1.82) is 0 Å². The first-order valence-corrected chi connectivity index (χ1v) is 8.18. The molecule has 1 heterocycles. The molecule has 0 aromatic heterocycles. The van der Waals surface area contributed by atoms with Crippen LogP contribution in [-0.4, -0.2) is 36.1 Å². The van der Waals surface area contributed by atoms with Crippen molar-refractivity contribution in [3.63, 3.8) is 0 Å². The highest BCUT2D eigenvalue weighted by atomic mass is 15.3. The molecule has 1 spiro atoms. The van der Waals surface area contributed by atoms with E-state index in [0.717, 1.165) is 17.9 Å². The summed E-state index contributed by atoms with van der Waals surface area (Å²) in [6, 6.07) is 0.740. The van der Waals surface area contributed by atoms with Gasteiger partial charge in [-0.05, 0) is 38.0 Å². The lowest BCUT2D eigenvalue weighted by Crippen LogP contribution is -2.63. The highest BCUT2D eigenvalue weighted by Gasteiger charge is 2.40. The van der Waals surface area contributed by atoms with E-state index < -0.39 is 0 Å². The van der Waals surface area contributed by atoms with Gasteiger partial charge in [-0.15, -0.1) is 0 Å². The van der Waals surface area contributed by atoms with Gasteiger partial charge in [-0.3, -0.25) is 4.90 Å². The number of rotatable bonds is 2. The summed E-state index contributed by atoms with van der Waals surface area (Å²) in [5, 5.41) is 3.87. The molecule has 3 atom stereocenters. The molecule has 104 valence electrons. The zero-order valence-electron chi connectivity index (χ0n) is 12.3. The Bertz CT molecular complexity index is 283. The van der Waals surface area contributed by atoms with Gasteiger partial charge >= 0.3 is 0 Å². The summed E-state index contributed by atoms with van der Waals surface area (Å²) in [7, 11) is 0. The standard InChI is InChI=1S/C16H30N2/c1-13-6-5-7-15(13)11-18-12-16(8-3-4-9-16)17-10-14(18)2/h13-15,17H,3-12H2,1-2H3. The zero-order valence-corrected chi connectivity index (χ0v) is 12.3. The van der Waals surface area contributed by atoms with E-state index in [0.29, 0.717) is 5.54 Å². The van der Waals surface area contributed by atoms with Crippen molar-refractivity contribution in [3.8, 4) is 0 Å². The molecule has 2 aliphatic carbocycles. The predicted molar refractivity (Wildman–Crippen MR) is 76.7 cm³/mol. The highest BCUT2D eigenvalue weighted by molar-refractivity contribution is 5.00. The molecular formula is C16H30N2. The second-order valence-corrected chi connectivity index (χ2v) is 7.32. The van der Waals surface area contributed by atoms with Gasteiger partial charge in [0.1, 0.15) is 0 Å². The molecule has 0 bridgehead atoms. The summed E-state index contributed by atoms with van der Waals surface area (Å²) in [6.07, 6.45) is 10.1. The molecule has 0 radical (unpaired) electrons. The van der Waals surface area contributed by atoms with E-state index >= 15 is 0 Å². The molecule has 18 heavy (non-hydrogen) atoms. The first kappa shape index (κ1) is 12.9. The molecule has 3 aliphatic rings. The lowest BCUT2D eigenvalue weighted by Gasteiger charge is -2.46. The Hall–Kier alpha value is -0.0800. The molecule has 2 saturated carbocycles. The van der Waals surface area contributed by atoms with Crippen LogP contribution < -0.4 is 5.32 Å². The van der Waals surface area contributed by atoms with E-state index in [9.17, 15) is 0 Å². The van der Waals surface area contributed by atoms with Crippen LogP contribution in [-0.2, 0) is 0 Å². The number of piperazine rings is 1. The molecule has 1 N–H and O–H groups in total. The molecule has 1 saturated heterocycles. The van der Waals surface area contributed by atoms with Gasteiger partial charge in [-0.25, -0.2) is 0 Å². The van der Waals surface area contributed by atoms with Crippen LogP contribution in [0.25, 0.3) is 0 Å². The van der Waals surface area contributed by atoms with Gasteiger partial charge in [0.2, 0.25) is 0 Å². The Balaban J connectivity index is 1.62. The van der Waals surface area contributed by atoms with Crippen molar-refractivity contribution in [3.05, 3.63) is 0 Å². The van der Waals surface area contributed by atoms with E-state index in [1.807, 2.05) is 0 Å². The van der Waals surface area contributed by atoms with E-state index in [1.54, 1.807) is 0 Å². The zero-order chi connectivity index (χ0) is 12.6. The molecule has 3 fully saturated rings. The molecule has 0 aromatic carbocycles. The second-order valence-electron chi connectivity index (χ2n) is 7.32. The van der Waals surface area contributed by atoms with Crippen molar-refractivity contribution in [2.45, 2.75) is 70.4 Å². The minimum atomic E-state index is 0.494. The van der Waals surface area contributed by atoms with Crippen molar-refractivity contribution in [1.82, 2.24) is 10.2 Å². The van der Waals surface area contributed by atoms with E-state index in [1.165, 1.54) is 64.6 Å². The van der Waals surface area contributed by atoms with Gasteiger partial charge in [0.25, 0.3) is 0 Å². The summed E-state index contributed by atoms with van der Waals surface area (Å²) in [5.74, 6) is 1.94. The third kappa shape index (κ3) is 2.46. The van der Waals surface area contributed by atoms with Crippen molar-refractivity contribution in [2.24, 2.45) is 11.8 Å². The topological polar surface area (TPSA) is 15.3 Å². The van der Waals surface area contributed by atoms with Crippen LogP contribution >= 0.6 is 0 Å².